The van der Waals surface area contributed by atoms with Crippen molar-refractivity contribution in [2.45, 2.75) is 19.9 Å². The van der Waals surface area contributed by atoms with Gasteiger partial charge in [-0.15, -0.1) is 0 Å². The van der Waals surface area contributed by atoms with E-state index >= 15 is 0 Å². The molecule has 4 rings (SSSR count). The molecule has 0 spiro atoms. The van der Waals surface area contributed by atoms with Gasteiger partial charge in [0.25, 0.3) is 5.91 Å². The molecular formula is C27H26N2O4. The van der Waals surface area contributed by atoms with Crippen molar-refractivity contribution in [1.29, 1.82) is 0 Å². The summed E-state index contributed by atoms with van der Waals surface area (Å²) in [7, 11) is 1.58. The van der Waals surface area contributed by atoms with Crippen molar-refractivity contribution in [1.82, 2.24) is 10.3 Å². The molecule has 0 aliphatic rings. The molecule has 0 aliphatic heterocycles. The first-order valence-electron chi connectivity index (χ1n) is 10.8. The van der Waals surface area contributed by atoms with Gasteiger partial charge in [0, 0.05) is 24.1 Å². The predicted octanol–water partition coefficient (Wildman–Crippen LogP) is 5.21. The molecule has 0 saturated heterocycles. The summed E-state index contributed by atoms with van der Waals surface area (Å²) in [6.07, 6.45) is 0.638. The molecule has 3 aromatic carbocycles. The molecule has 0 saturated carbocycles. The first kappa shape index (κ1) is 22.1. The fraction of sp³-hybridized carbons (Fsp3) is 0.185. The van der Waals surface area contributed by atoms with Crippen LogP contribution in [0.3, 0.4) is 0 Å². The SMILES string of the molecule is COc1cccc(C(=O)NCc2cccc(OCCc3nc(-c4ccccc4)oc3C)c2)c1. The second-order valence-corrected chi connectivity index (χ2v) is 7.55. The predicted molar refractivity (Wildman–Crippen MR) is 126 cm³/mol. The van der Waals surface area contributed by atoms with Crippen LogP contribution in [0.2, 0.25) is 0 Å². The second kappa shape index (κ2) is 10.5. The first-order chi connectivity index (χ1) is 16.1. The number of oxazole rings is 1. The summed E-state index contributed by atoms with van der Waals surface area (Å²) in [5.74, 6) is 2.66. The normalized spacial score (nSPS) is 10.6. The monoisotopic (exact) mass is 442 g/mol. The van der Waals surface area contributed by atoms with Gasteiger partial charge in [0.2, 0.25) is 5.89 Å². The number of nitrogens with one attached hydrogen (secondary N) is 1. The average Bonchev–Trinajstić information content (AvgIpc) is 3.23. The summed E-state index contributed by atoms with van der Waals surface area (Å²) in [5, 5.41) is 2.93. The van der Waals surface area contributed by atoms with Crippen molar-refractivity contribution in [3.63, 3.8) is 0 Å². The number of ether oxygens (including phenoxy) is 2. The van der Waals surface area contributed by atoms with E-state index in [-0.39, 0.29) is 5.91 Å². The lowest BCUT2D eigenvalue weighted by atomic mass is 10.1. The molecule has 0 atom stereocenters. The highest BCUT2D eigenvalue weighted by Gasteiger charge is 2.11. The van der Waals surface area contributed by atoms with Gasteiger partial charge in [0.15, 0.2) is 0 Å². The minimum atomic E-state index is -0.157. The quantitative estimate of drug-likeness (QED) is 0.385. The summed E-state index contributed by atoms with van der Waals surface area (Å²) in [5.41, 5.74) is 3.35. The lowest BCUT2D eigenvalue weighted by molar-refractivity contribution is 0.0950. The summed E-state index contributed by atoms with van der Waals surface area (Å²) in [6.45, 7) is 2.79. The van der Waals surface area contributed by atoms with Crippen molar-refractivity contribution in [3.8, 4) is 23.0 Å². The molecule has 1 heterocycles. The molecule has 0 aliphatic carbocycles. The van der Waals surface area contributed by atoms with E-state index in [1.54, 1.807) is 31.4 Å². The Kier molecular flexibility index (Phi) is 7.05. The van der Waals surface area contributed by atoms with Gasteiger partial charge in [-0.25, -0.2) is 4.98 Å². The Morgan fingerprint density at radius 2 is 1.76 bits per heavy atom. The fourth-order valence-corrected chi connectivity index (χ4v) is 3.42. The van der Waals surface area contributed by atoms with Crippen molar-refractivity contribution in [3.05, 3.63) is 101 Å². The van der Waals surface area contributed by atoms with Crippen LogP contribution in [0.4, 0.5) is 0 Å². The maximum atomic E-state index is 12.4. The zero-order valence-electron chi connectivity index (χ0n) is 18.7. The minimum Gasteiger partial charge on any atom is -0.497 e. The molecule has 0 fully saturated rings. The molecular weight excluding hydrogens is 416 g/mol. The minimum absolute atomic E-state index is 0.157. The van der Waals surface area contributed by atoms with Crippen LogP contribution >= 0.6 is 0 Å². The Morgan fingerprint density at radius 3 is 2.58 bits per heavy atom. The number of carbonyl (C=O) groups is 1. The maximum Gasteiger partial charge on any atom is 0.251 e. The van der Waals surface area contributed by atoms with E-state index in [9.17, 15) is 4.79 Å². The molecule has 1 aromatic heterocycles. The lowest BCUT2D eigenvalue weighted by Crippen LogP contribution is -2.22. The van der Waals surface area contributed by atoms with Crippen LogP contribution < -0.4 is 14.8 Å². The van der Waals surface area contributed by atoms with Crippen molar-refractivity contribution in [2.75, 3.05) is 13.7 Å². The van der Waals surface area contributed by atoms with Crippen molar-refractivity contribution in [2.24, 2.45) is 0 Å². The third kappa shape index (κ3) is 5.80. The topological polar surface area (TPSA) is 73.6 Å². The van der Waals surface area contributed by atoms with Gasteiger partial charge in [0.1, 0.15) is 17.3 Å². The lowest BCUT2D eigenvalue weighted by Gasteiger charge is -2.09. The number of aromatic nitrogens is 1. The number of aryl methyl sites for hydroxylation is 1. The maximum absolute atomic E-state index is 12.4. The number of nitrogens with zero attached hydrogens (tertiary/aromatic N) is 1. The van der Waals surface area contributed by atoms with Gasteiger partial charge in [0.05, 0.1) is 19.4 Å². The Labute approximate surface area is 193 Å². The second-order valence-electron chi connectivity index (χ2n) is 7.55. The summed E-state index contributed by atoms with van der Waals surface area (Å²) in [6, 6.07) is 24.6. The van der Waals surface area contributed by atoms with Crippen molar-refractivity contribution >= 4 is 5.91 Å². The zero-order valence-corrected chi connectivity index (χ0v) is 18.7. The molecule has 1 amide bonds. The van der Waals surface area contributed by atoms with E-state index in [1.165, 1.54) is 0 Å². The molecule has 168 valence electrons. The van der Waals surface area contributed by atoms with Gasteiger partial charge in [-0.05, 0) is 55.0 Å². The van der Waals surface area contributed by atoms with Crippen LogP contribution in [0.5, 0.6) is 11.5 Å². The van der Waals surface area contributed by atoms with Crippen LogP contribution in [0.25, 0.3) is 11.5 Å². The van der Waals surface area contributed by atoms with E-state index in [2.05, 4.69) is 10.3 Å². The third-order valence-electron chi connectivity index (χ3n) is 5.20. The highest BCUT2D eigenvalue weighted by atomic mass is 16.5. The number of methoxy groups -OCH3 is 1. The highest BCUT2D eigenvalue weighted by molar-refractivity contribution is 5.94. The molecule has 6 nitrogen and oxygen atoms in total. The molecule has 0 unspecified atom stereocenters. The summed E-state index contributed by atoms with van der Waals surface area (Å²) < 4.78 is 16.9. The Morgan fingerprint density at radius 1 is 0.970 bits per heavy atom. The van der Waals surface area contributed by atoms with Gasteiger partial charge in [-0.2, -0.15) is 0 Å². The van der Waals surface area contributed by atoms with E-state index < -0.39 is 0 Å². The number of carbonyl (C=O) groups excluding carboxylic acids is 1. The van der Waals surface area contributed by atoms with E-state index in [0.29, 0.717) is 36.8 Å². The largest absolute Gasteiger partial charge is 0.497 e. The average molecular weight is 443 g/mol. The van der Waals surface area contributed by atoms with Crippen molar-refractivity contribution < 1.29 is 18.7 Å². The van der Waals surface area contributed by atoms with Crippen LogP contribution in [0, 0.1) is 6.92 Å². The number of benzene rings is 3. The zero-order chi connectivity index (χ0) is 23.0. The van der Waals surface area contributed by atoms with Crippen LogP contribution in [0.15, 0.2) is 83.3 Å². The molecule has 0 bridgehead atoms. The van der Waals surface area contributed by atoms with E-state index in [4.69, 9.17) is 13.9 Å². The molecule has 33 heavy (non-hydrogen) atoms. The molecule has 6 heteroatoms. The third-order valence-corrected chi connectivity index (χ3v) is 5.20. The number of rotatable bonds is 9. The first-order valence-corrected chi connectivity index (χ1v) is 10.8. The van der Waals surface area contributed by atoms with Gasteiger partial charge in [-0.3, -0.25) is 4.79 Å². The van der Waals surface area contributed by atoms with Gasteiger partial charge in [-0.1, -0.05) is 36.4 Å². The Hall–Kier alpha value is -4.06. The van der Waals surface area contributed by atoms with Crippen LogP contribution in [-0.2, 0) is 13.0 Å². The van der Waals surface area contributed by atoms with Gasteiger partial charge >= 0.3 is 0 Å². The number of amides is 1. The standard InChI is InChI=1S/C27H26N2O4/c1-19-25(29-27(33-19)21-9-4-3-5-10-21)14-15-32-24-13-6-8-20(16-24)18-28-26(30)22-11-7-12-23(17-22)31-2/h3-13,16-17H,14-15,18H2,1-2H3,(H,28,30). The fourth-order valence-electron chi connectivity index (χ4n) is 3.42. The van der Waals surface area contributed by atoms with E-state index in [1.807, 2.05) is 61.5 Å². The Balaban J connectivity index is 1.30. The summed E-state index contributed by atoms with van der Waals surface area (Å²) >= 11 is 0. The van der Waals surface area contributed by atoms with Crippen LogP contribution in [-0.4, -0.2) is 24.6 Å². The van der Waals surface area contributed by atoms with Crippen LogP contribution in [0.1, 0.15) is 27.4 Å². The summed E-state index contributed by atoms with van der Waals surface area (Å²) in [4.78, 5) is 17.0. The molecule has 1 N–H and O–H groups in total. The molecule has 4 aromatic rings. The van der Waals surface area contributed by atoms with Gasteiger partial charge < -0.3 is 19.2 Å². The molecule has 0 radical (unpaired) electrons. The van der Waals surface area contributed by atoms with E-state index in [0.717, 1.165) is 28.3 Å². The number of hydrogen-bond acceptors (Lipinski definition) is 5. The smallest absolute Gasteiger partial charge is 0.251 e. The Bertz CT molecular complexity index is 1220. The number of hydrogen-bond donors (Lipinski definition) is 1. The highest BCUT2D eigenvalue weighted by Crippen LogP contribution is 2.22.